The number of carbonyl (C=O) groups excluding carboxylic acids is 1. The topological polar surface area (TPSA) is 73.8 Å². The summed E-state index contributed by atoms with van der Waals surface area (Å²) in [6.07, 6.45) is 4.46. The highest BCUT2D eigenvalue weighted by atomic mass is 28.4. The fourth-order valence-corrected chi connectivity index (χ4v) is 4.63. The Morgan fingerprint density at radius 1 is 1.05 bits per heavy atom. The summed E-state index contributed by atoms with van der Waals surface area (Å²) in [4.78, 5) is 22.7. The zero-order valence-electron chi connectivity index (χ0n) is 23.6. The summed E-state index contributed by atoms with van der Waals surface area (Å²) < 4.78 is 33.0. The molecule has 1 aromatic heterocycles. The minimum atomic E-state index is -1.99. The first-order chi connectivity index (χ1) is 17.2. The molecule has 1 aromatic carbocycles. The van der Waals surface area contributed by atoms with E-state index in [2.05, 4.69) is 43.8 Å². The number of hydrogen-bond acceptors (Lipinski definition) is 6. The van der Waals surface area contributed by atoms with Crippen molar-refractivity contribution in [3.63, 3.8) is 0 Å². The summed E-state index contributed by atoms with van der Waals surface area (Å²) in [6.45, 7) is 18.1. The Balaban J connectivity index is 1.54. The molecule has 0 atom stereocenters. The summed E-state index contributed by atoms with van der Waals surface area (Å²) in [7, 11) is -1.99. The molecule has 1 fully saturated rings. The quantitative estimate of drug-likeness (QED) is 0.369. The maximum atomic E-state index is 15.3. The van der Waals surface area contributed by atoms with Crippen LogP contribution < -0.4 is 0 Å². The van der Waals surface area contributed by atoms with Gasteiger partial charge in [-0.2, -0.15) is 0 Å². The number of amides is 1. The van der Waals surface area contributed by atoms with Gasteiger partial charge >= 0.3 is 6.09 Å². The van der Waals surface area contributed by atoms with Gasteiger partial charge in [-0.05, 0) is 51.7 Å². The first-order valence-electron chi connectivity index (χ1n) is 13.0. The van der Waals surface area contributed by atoms with Crippen molar-refractivity contribution >= 4 is 14.4 Å². The van der Waals surface area contributed by atoms with Crippen LogP contribution in [0.5, 0.6) is 0 Å². The molecular weight excluding hydrogens is 489 g/mol. The molecule has 0 unspecified atom stereocenters. The lowest BCUT2D eigenvalue weighted by molar-refractivity contribution is -0.0187. The molecule has 7 nitrogen and oxygen atoms in total. The Kier molecular flexibility index (Phi) is 9.13. The van der Waals surface area contributed by atoms with Gasteiger partial charge in [0.15, 0.2) is 14.1 Å². The lowest BCUT2D eigenvalue weighted by Gasteiger charge is -2.36. The highest BCUT2D eigenvalue weighted by Gasteiger charge is 2.37. The van der Waals surface area contributed by atoms with Crippen LogP contribution in [0.1, 0.15) is 65.8 Å². The van der Waals surface area contributed by atoms with Crippen molar-refractivity contribution in [2.45, 2.75) is 97.4 Å². The molecule has 204 valence electrons. The van der Waals surface area contributed by atoms with Crippen LogP contribution in [0.25, 0.3) is 11.1 Å². The second kappa shape index (κ2) is 11.6. The third kappa shape index (κ3) is 8.06. The van der Waals surface area contributed by atoms with Gasteiger partial charge in [0, 0.05) is 42.2 Å². The molecule has 1 saturated heterocycles. The molecule has 0 N–H and O–H groups in total. The van der Waals surface area contributed by atoms with Crippen LogP contribution in [0, 0.1) is 5.82 Å². The highest BCUT2D eigenvalue weighted by Crippen LogP contribution is 2.37. The van der Waals surface area contributed by atoms with Crippen LogP contribution in [0.4, 0.5) is 9.18 Å². The number of ether oxygens (including phenoxy) is 2. The molecule has 1 aliphatic rings. The number of piperidine rings is 1. The van der Waals surface area contributed by atoms with Crippen molar-refractivity contribution in [1.82, 2.24) is 14.9 Å². The Hall–Kier alpha value is -2.36. The van der Waals surface area contributed by atoms with Crippen molar-refractivity contribution in [3.8, 4) is 11.1 Å². The second-order valence-electron chi connectivity index (χ2n) is 12.2. The third-order valence-electron chi connectivity index (χ3n) is 7.03. The van der Waals surface area contributed by atoms with E-state index in [1.54, 1.807) is 29.4 Å². The second-order valence-corrected chi connectivity index (χ2v) is 17.0. The average Bonchev–Trinajstić information content (AvgIpc) is 2.81. The van der Waals surface area contributed by atoms with Crippen LogP contribution in [0.2, 0.25) is 18.1 Å². The molecule has 0 aliphatic carbocycles. The Morgan fingerprint density at radius 3 is 2.24 bits per heavy atom. The third-order valence-corrected chi connectivity index (χ3v) is 11.5. The van der Waals surface area contributed by atoms with Crippen LogP contribution in [0.15, 0.2) is 30.6 Å². The van der Waals surface area contributed by atoms with Gasteiger partial charge in [0.25, 0.3) is 0 Å². The number of aromatic nitrogens is 2. The zero-order chi connectivity index (χ0) is 27.4. The molecule has 1 amide bonds. The molecule has 0 spiro atoms. The first kappa shape index (κ1) is 29.2. The lowest BCUT2D eigenvalue weighted by Crippen LogP contribution is -2.43. The molecule has 9 heteroatoms. The molecule has 1 aliphatic heterocycles. The Bertz CT molecular complexity index is 1060. The van der Waals surface area contributed by atoms with E-state index >= 15 is 4.39 Å². The summed E-state index contributed by atoms with van der Waals surface area (Å²) >= 11 is 0. The van der Waals surface area contributed by atoms with E-state index in [0.717, 1.165) is 12.8 Å². The van der Waals surface area contributed by atoms with Gasteiger partial charge < -0.3 is 18.8 Å². The molecule has 3 rings (SSSR count). The van der Waals surface area contributed by atoms with Crippen molar-refractivity contribution < 1.29 is 23.1 Å². The minimum Gasteiger partial charge on any atom is -0.444 e. The van der Waals surface area contributed by atoms with E-state index in [0.29, 0.717) is 35.6 Å². The van der Waals surface area contributed by atoms with Crippen molar-refractivity contribution in [2.24, 2.45) is 0 Å². The largest absolute Gasteiger partial charge is 0.444 e. The average molecular weight is 532 g/mol. The number of likely N-dealkylation sites (tertiary alicyclic amines) is 1. The fourth-order valence-electron chi connectivity index (χ4n) is 3.68. The monoisotopic (exact) mass is 531 g/mol. The maximum Gasteiger partial charge on any atom is 0.410 e. The van der Waals surface area contributed by atoms with E-state index in [4.69, 9.17) is 13.9 Å². The van der Waals surface area contributed by atoms with Crippen molar-refractivity contribution in [1.29, 1.82) is 0 Å². The maximum absolute atomic E-state index is 15.3. The van der Waals surface area contributed by atoms with Crippen LogP contribution in [0.3, 0.4) is 0 Å². The van der Waals surface area contributed by atoms with E-state index in [1.807, 2.05) is 26.8 Å². The van der Waals surface area contributed by atoms with Gasteiger partial charge in [0.2, 0.25) is 0 Å². The zero-order valence-corrected chi connectivity index (χ0v) is 24.6. The number of carbonyl (C=O) groups is 1. The number of rotatable bonds is 7. The first-order valence-corrected chi connectivity index (χ1v) is 15.9. The van der Waals surface area contributed by atoms with Gasteiger partial charge in [-0.1, -0.05) is 39.0 Å². The lowest BCUT2D eigenvalue weighted by atomic mass is 10.1. The molecule has 0 bridgehead atoms. The molecule has 0 saturated carbocycles. The number of hydrogen-bond donors (Lipinski definition) is 0. The fraction of sp³-hybridized carbons (Fsp3) is 0.607. The molecular formula is C28H42FN3O4Si. The van der Waals surface area contributed by atoms with Crippen LogP contribution in [-0.2, 0) is 27.1 Å². The Labute approximate surface area is 221 Å². The summed E-state index contributed by atoms with van der Waals surface area (Å²) in [5.41, 5.74) is 1.10. The van der Waals surface area contributed by atoms with Gasteiger partial charge in [-0.25, -0.2) is 19.2 Å². The van der Waals surface area contributed by atoms with E-state index in [9.17, 15) is 4.79 Å². The molecule has 2 heterocycles. The molecule has 37 heavy (non-hydrogen) atoms. The van der Waals surface area contributed by atoms with Crippen LogP contribution in [-0.4, -0.2) is 54.1 Å². The highest BCUT2D eigenvalue weighted by molar-refractivity contribution is 6.74. The van der Waals surface area contributed by atoms with Gasteiger partial charge in [0.05, 0.1) is 12.7 Å². The van der Waals surface area contributed by atoms with E-state index in [1.165, 1.54) is 0 Å². The van der Waals surface area contributed by atoms with Gasteiger partial charge in [-0.3, -0.25) is 0 Å². The van der Waals surface area contributed by atoms with E-state index in [-0.39, 0.29) is 36.3 Å². The minimum absolute atomic E-state index is 0.0250. The predicted molar refractivity (Wildman–Crippen MR) is 145 cm³/mol. The van der Waals surface area contributed by atoms with E-state index < -0.39 is 13.9 Å². The van der Waals surface area contributed by atoms with Gasteiger partial charge in [0.1, 0.15) is 18.0 Å². The van der Waals surface area contributed by atoms with Crippen molar-refractivity contribution in [2.75, 3.05) is 13.1 Å². The van der Waals surface area contributed by atoms with Crippen LogP contribution >= 0.6 is 0 Å². The molecule has 0 radical (unpaired) electrons. The molecule has 2 aromatic rings. The van der Waals surface area contributed by atoms with Crippen molar-refractivity contribution in [3.05, 3.63) is 47.8 Å². The number of benzene rings is 1. The number of halogens is 1. The number of nitrogens with zero attached hydrogens (tertiary/aromatic N) is 3. The SMILES string of the molecule is CC(C)(C)OC(=O)N1CCC(OCc2ncc(-c3cccc(CO[Si](C)(C)C(C)(C)C)c3F)cn2)CC1. The Morgan fingerprint density at radius 2 is 1.68 bits per heavy atom. The summed E-state index contributed by atoms with van der Waals surface area (Å²) in [5.74, 6) is 0.238. The smallest absolute Gasteiger partial charge is 0.410 e. The summed E-state index contributed by atoms with van der Waals surface area (Å²) in [6, 6.07) is 5.34. The normalized spacial score (nSPS) is 15.6. The predicted octanol–water partition coefficient (Wildman–Crippen LogP) is 6.72. The van der Waals surface area contributed by atoms with Gasteiger partial charge in [-0.15, -0.1) is 0 Å². The summed E-state index contributed by atoms with van der Waals surface area (Å²) in [5, 5.41) is 0.0575. The standard InChI is InChI=1S/C28H42FN3O4Si/c1-27(2,3)36-26(33)32-14-12-22(13-15-32)34-19-24-30-16-21(17-31-24)23-11-9-10-20(25(23)29)18-35-37(7,8)28(4,5)6/h9-11,16-17,22H,12-15,18-19H2,1-8H3.